The predicted octanol–water partition coefficient (Wildman–Crippen LogP) is 1.88. The van der Waals surface area contributed by atoms with E-state index in [2.05, 4.69) is 24.1 Å². The molecule has 18 heavy (non-hydrogen) atoms. The number of rotatable bonds is 1. The van der Waals surface area contributed by atoms with Crippen LogP contribution in [-0.4, -0.2) is 37.0 Å². The molecule has 0 spiro atoms. The van der Waals surface area contributed by atoms with Crippen molar-refractivity contribution in [2.45, 2.75) is 39.5 Å². The maximum Gasteiger partial charge on any atom is 0.226 e. The lowest BCUT2D eigenvalue weighted by atomic mass is 9.68. The molecule has 0 aromatic carbocycles. The largest absolute Gasteiger partial charge is 0.342 e. The van der Waals surface area contributed by atoms with Gasteiger partial charge in [0.05, 0.1) is 0 Å². The van der Waals surface area contributed by atoms with Crippen molar-refractivity contribution in [2.75, 3.05) is 26.2 Å². The lowest BCUT2D eigenvalue weighted by Crippen LogP contribution is -2.43. The molecule has 2 heterocycles. The van der Waals surface area contributed by atoms with Crippen LogP contribution < -0.4 is 5.32 Å². The molecule has 0 aromatic heterocycles. The number of hydrogen-bond donors (Lipinski definition) is 1. The van der Waals surface area contributed by atoms with E-state index in [1.807, 2.05) is 0 Å². The summed E-state index contributed by atoms with van der Waals surface area (Å²) < 4.78 is 0. The van der Waals surface area contributed by atoms with Crippen molar-refractivity contribution in [1.82, 2.24) is 10.2 Å². The van der Waals surface area contributed by atoms with Crippen LogP contribution in [0.3, 0.4) is 0 Å². The molecular weight excluding hydrogens is 224 g/mol. The van der Waals surface area contributed by atoms with Gasteiger partial charge in [0.1, 0.15) is 0 Å². The standard InChI is InChI=1S/C15H26N2O/c1-15(2)6-4-3-5-13(15)14(18)17-9-11-7-16-8-12(11)10-17/h11-13,16H,3-10H2,1-2H3/t11-,12+,13?. The molecule has 0 aromatic rings. The topological polar surface area (TPSA) is 32.3 Å². The number of amides is 1. The fraction of sp³-hybridized carbons (Fsp3) is 0.933. The van der Waals surface area contributed by atoms with E-state index < -0.39 is 0 Å². The number of nitrogens with zero attached hydrogens (tertiary/aromatic N) is 1. The Morgan fingerprint density at radius 1 is 1.17 bits per heavy atom. The zero-order valence-corrected chi connectivity index (χ0v) is 11.7. The van der Waals surface area contributed by atoms with Gasteiger partial charge in [-0.05, 0) is 30.1 Å². The molecular formula is C15H26N2O. The summed E-state index contributed by atoms with van der Waals surface area (Å²) in [4.78, 5) is 14.9. The van der Waals surface area contributed by atoms with Gasteiger partial charge >= 0.3 is 0 Å². The van der Waals surface area contributed by atoms with E-state index in [1.165, 1.54) is 19.3 Å². The molecule has 102 valence electrons. The van der Waals surface area contributed by atoms with Gasteiger partial charge in [-0.15, -0.1) is 0 Å². The second-order valence-corrected chi connectivity index (χ2v) is 7.21. The Morgan fingerprint density at radius 2 is 1.83 bits per heavy atom. The Kier molecular flexibility index (Phi) is 3.13. The number of carbonyl (C=O) groups excluding carboxylic acids is 1. The maximum absolute atomic E-state index is 12.8. The van der Waals surface area contributed by atoms with Crippen molar-refractivity contribution in [3.8, 4) is 0 Å². The Bertz CT molecular complexity index is 327. The molecule has 3 fully saturated rings. The number of fused-ring (bicyclic) bond motifs is 1. The van der Waals surface area contributed by atoms with Gasteiger partial charge in [0.2, 0.25) is 5.91 Å². The van der Waals surface area contributed by atoms with Crippen LogP contribution in [0.1, 0.15) is 39.5 Å². The number of nitrogens with one attached hydrogen (secondary N) is 1. The van der Waals surface area contributed by atoms with Crippen LogP contribution in [-0.2, 0) is 4.79 Å². The summed E-state index contributed by atoms with van der Waals surface area (Å²) in [5.41, 5.74) is 0.214. The van der Waals surface area contributed by atoms with E-state index in [9.17, 15) is 4.79 Å². The van der Waals surface area contributed by atoms with Crippen molar-refractivity contribution in [2.24, 2.45) is 23.2 Å². The normalized spacial score (nSPS) is 38.8. The second kappa shape index (κ2) is 4.52. The third-order valence-corrected chi connectivity index (χ3v) is 5.51. The molecule has 0 radical (unpaired) electrons. The van der Waals surface area contributed by atoms with Crippen molar-refractivity contribution in [3.63, 3.8) is 0 Å². The molecule has 3 atom stereocenters. The Morgan fingerprint density at radius 3 is 2.44 bits per heavy atom. The van der Waals surface area contributed by atoms with Gasteiger partial charge in [0.25, 0.3) is 0 Å². The molecule has 1 unspecified atom stereocenters. The third-order valence-electron chi connectivity index (χ3n) is 5.51. The van der Waals surface area contributed by atoms with E-state index >= 15 is 0 Å². The summed E-state index contributed by atoms with van der Waals surface area (Å²) in [5.74, 6) is 2.17. The molecule has 3 aliphatic rings. The van der Waals surface area contributed by atoms with E-state index in [0.29, 0.717) is 5.91 Å². The minimum Gasteiger partial charge on any atom is -0.342 e. The smallest absolute Gasteiger partial charge is 0.226 e. The Labute approximate surface area is 110 Å². The second-order valence-electron chi connectivity index (χ2n) is 7.21. The highest BCUT2D eigenvalue weighted by molar-refractivity contribution is 5.80. The van der Waals surface area contributed by atoms with Gasteiger partial charge in [-0.2, -0.15) is 0 Å². The van der Waals surface area contributed by atoms with E-state index in [4.69, 9.17) is 0 Å². The van der Waals surface area contributed by atoms with Crippen LogP contribution in [0.25, 0.3) is 0 Å². The van der Waals surface area contributed by atoms with Gasteiger partial charge in [0, 0.05) is 32.1 Å². The summed E-state index contributed by atoms with van der Waals surface area (Å²) in [7, 11) is 0. The molecule has 2 aliphatic heterocycles. The Balaban J connectivity index is 1.67. The van der Waals surface area contributed by atoms with Crippen LogP contribution in [0, 0.1) is 23.2 Å². The Hall–Kier alpha value is -0.570. The number of hydrogen-bond acceptors (Lipinski definition) is 2. The van der Waals surface area contributed by atoms with Crippen LogP contribution >= 0.6 is 0 Å². The first-order valence-electron chi connectivity index (χ1n) is 7.57. The van der Waals surface area contributed by atoms with Crippen LogP contribution in [0.5, 0.6) is 0 Å². The van der Waals surface area contributed by atoms with Gasteiger partial charge in [-0.3, -0.25) is 4.79 Å². The SMILES string of the molecule is CC1(C)CCCCC1C(=O)N1C[C@H]2CNC[C@H]2C1. The van der Waals surface area contributed by atoms with Crippen molar-refractivity contribution in [1.29, 1.82) is 0 Å². The highest BCUT2D eigenvalue weighted by atomic mass is 16.2. The zero-order chi connectivity index (χ0) is 12.8. The molecule has 1 aliphatic carbocycles. The zero-order valence-electron chi connectivity index (χ0n) is 11.7. The fourth-order valence-corrected chi connectivity index (χ4v) is 4.21. The average Bonchev–Trinajstić information content (AvgIpc) is 2.87. The fourth-order valence-electron chi connectivity index (χ4n) is 4.21. The van der Waals surface area contributed by atoms with Crippen LogP contribution in [0.15, 0.2) is 0 Å². The summed E-state index contributed by atoms with van der Waals surface area (Å²) in [6.07, 6.45) is 4.86. The predicted molar refractivity (Wildman–Crippen MR) is 72.2 cm³/mol. The molecule has 1 amide bonds. The van der Waals surface area contributed by atoms with Gasteiger partial charge < -0.3 is 10.2 Å². The summed E-state index contributed by atoms with van der Waals surface area (Å²) in [6, 6.07) is 0. The molecule has 3 heteroatoms. The first-order valence-corrected chi connectivity index (χ1v) is 7.57. The van der Waals surface area contributed by atoms with Gasteiger partial charge in [-0.25, -0.2) is 0 Å². The van der Waals surface area contributed by atoms with Crippen molar-refractivity contribution < 1.29 is 4.79 Å². The highest BCUT2D eigenvalue weighted by Gasteiger charge is 2.44. The minimum absolute atomic E-state index is 0.214. The van der Waals surface area contributed by atoms with E-state index in [-0.39, 0.29) is 11.3 Å². The minimum atomic E-state index is 0.214. The van der Waals surface area contributed by atoms with E-state index in [1.54, 1.807) is 0 Å². The van der Waals surface area contributed by atoms with Gasteiger partial charge in [-0.1, -0.05) is 26.7 Å². The number of carbonyl (C=O) groups is 1. The lowest BCUT2D eigenvalue weighted by Gasteiger charge is -2.39. The monoisotopic (exact) mass is 250 g/mol. The molecule has 0 bridgehead atoms. The molecule has 3 nitrogen and oxygen atoms in total. The maximum atomic E-state index is 12.8. The summed E-state index contributed by atoms with van der Waals surface area (Å²) >= 11 is 0. The first kappa shape index (κ1) is 12.5. The van der Waals surface area contributed by atoms with Crippen LogP contribution in [0.2, 0.25) is 0 Å². The van der Waals surface area contributed by atoms with E-state index in [0.717, 1.165) is 44.4 Å². The van der Waals surface area contributed by atoms with Crippen LogP contribution in [0.4, 0.5) is 0 Å². The lowest BCUT2D eigenvalue weighted by molar-refractivity contribution is -0.140. The number of likely N-dealkylation sites (tertiary alicyclic amines) is 1. The average molecular weight is 250 g/mol. The molecule has 2 saturated heterocycles. The summed E-state index contributed by atoms with van der Waals surface area (Å²) in [5, 5.41) is 3.44. The highest BCUT2D eigenvalue weighted by Crippen LogP contribution is 2.42. The third kappa shape index (κ3) is 2.07. The molecule has 1 saturated carbocycles. The molecule has 3 rings (SSSR count). The van der Waals surface area contributed by atoms with Crippen molar-refractivity contribution >= 4 is 5.91 Å². The first-order chi connectivity index (χ1) is 8.58. The quantitative estimate of drug-likeness (QED) is 0.770. The molecule has 1 N–H and O–H groups in total. The van der Waals surface area contributed by atoms with Gasteiger partial charge in [0.15, 0.2) is 0 Å². The summed E-state index contributed by atoms with van der Waals surface area (Å²) in [6.45, 7) is 8.80. The van der Waals surface area contributed by atoms with Crippen molar-refractivity contribution in [3.05, 3.63) is 0 Å².